The molecule has 5 atom stereocenters. The smallest absolute Gasteiger partial charge is 0.131 e. The van der Waals surface area contributed by atoms with Gasteiger partial charge < -0.3 is 14.3 Å². The number of rotatable bonds is 6. The first-order chi connectivity index (χ1) is 15.9. The van der Waals surface area contributed by atoms with E-state index in [1.165, 1.54) is 0 Å². The van der Waals surface area contributed by atoms with Gasteiger partial charge in [0, 0.05) is 35.9 Å². The first-order valence-electron chi connectivity index (χ1n) is 11.3. The number of piperidine rings is 3. The average molecular weight is 485 g/mol. The van der Waals surface area contributed by atoms with Crippen molar-refractivity contribution in [3.8, 4) is 5.75 Å². The highest BCUT2D eigenvalue weighted by molar-refractivity contribution is 6.32. The van der Waals surface area contributed by atoms with Crippen molar-refractivity contribution in [2.45, 2.75) is 31.5 Å². The van der Waals surface area contributed by atoms with E-state index in [4.69, 9.17) is 27.9 Å². The van der Waals surface area contributed by atoms with E-state index in [-0.39, 0.29) is 6.04 Å². The van der Waals surface area contributed by atoms with Gasteiger partial charge in [0.25, 0.3) is 0 Å². The minimum absolute atomic E-state index is 0.0440. The normalized spacial score (nSPS) is 27.5. The van der Waals surface area contributed by atoms with E-state index in [2.05, 4.69) is 22.6 Å². The fourth-order valence-corrected chi connectivity index (χ4v) is 6.59. The molecule has 2 bridgehead atoms. The summed E-state index contributed by atoms with van der Waals surface area (Å²) in [5.41, 5.74) is 2.79. The molecule has 0 radical (unpaired) electrons. The molecule has 5 heterocycles. The Morgan fingerprint density at radius 3 is 2.76 bits per heavy atom. The lowest BCUT2D eigenvalue weighted by Gasteiger charge is -2.58. The SMILES string of the molecule is C=CC1C[N+]2(Cc3cc(Cl)nc(Cl)c3)CCC1CC2C(O)c1ccnc2ccc(OC)cc12. The zero-order chi connectivity index (χ0) is 23.2. The van der Waals surface area contributed by atoms with Gasteiger partial charge in [-0.25, -0.2) is 4.98 Å². The maximum atomic E-state index is 11.9. The maximum absolute atomic E-state index is 11.9. The van der Waals surface area contributed by atoms with E-state index >= 15 is 0 Å². The molecule has 6 rings (SSSR count). The lowest BCUT2D eigenvalue weighted by Crippen LogP contribution is -2.67. The van der Waals surface area contributed by atoms with Crippen LogP contribution < -0.4 is 4.74 Å². The molecular formula is C26H28Cl2N3O2+. The molecule has 3 aromatic rings. The number of hydrogen-bond donors (Lipinski definition) is 1. The van der Waals surface area contributed by atoms with Crippen LogP contribution in [-0.2, 0) is 6.54 Å². The second-order valence-corrected chi connectivity index (χ2v) is 10.2. The first kappa shape index (κ1) is 22.6. The zero-order valence-electron chi connectivity index (χ0n) is 18.6. The second-order valence-electron chi connectivity index (χ2n) is 9.38. The molecule has 0 saturated carbocycles. The van der Waals surface area contributed by atoms with Crippen molar-refractivity contribution < 1.29 is 14.3 Å². The largest absolute Gasteiger partial charge is 0.497 e. The lowest BCUT2D eigenvalue weighted by atomic mass is 9.71. The number of ether oxygens (including phenoxy) is 1. The molecule has 0 spiro atoms. The van der Waals surface area contributed by atoms with E-state index in [0.717, 1.165) is 64.7 Å². The summed E-state index contributed by atoms with van der Waals surface area (Å²) in [6.07, 6.45) is 5.31. The molecule has 1 N–H and O–H groups in total. The van der Waals surface area contributed by atoms with Gasteiger partial charge in [-0.1, -0.05) is 29.3 Å². The van der Waals surface area contributed by atoms with Gasteiger partial charge in [-0.05, 0) is 47.9 Å². The second kappa shape index (κ2) is 8.88. The van der Waals surface area contributed by atoms with Gasteiger partial charge in [0.2, 0.25) is 0 Å². The Hall–Kier alpha value is -2.18. The van der Waals surface area contributed by atoms with E-state index in [0.29, 0.717) is 22.1 Å². The van der Waals surface area contributed by atoms with Crippen molar-refractivity contribution in [3.63, 3.8) is 0 Å². The Kier molecular flexibility index (Phi) is 6.08. The minimum Gasteiger partial charge on any atom is -0.497 e. The number of fused-ring (bicyclic) bond motifs is 4. The summed E-state index contributed by atoms with van der Waals surface area (Å²) in [7, 11) is 1.65. The molecule has 3 aliphatic rings. The van der Waals surface area contributed by atoms with Crippen molar-refractivity contribution >= 4 is 34.1 Å². The minimum atomic E-state index is -0.635. The van der Waals surface area contributed by atoms with Crippen LogP contribution in [0, 0.1) is 11.8 Å². The van der Waals surface area contributed by atoms with Crippen molar-refractivity contribution in [3.05, 3.63) is 76.7 Å². The third-order valence-corrected chi connectivity index (χ3v) is 8.05. The van der Waals surface area contributed by atoms with E-state index in [1.54, 1.807) is 13.3 Å². The Balaban J connectivity index is 1.57. The molecule has 3 saturated heterocycles. The number of benzene rings is 1. The number of halogens is 2. The lowest BCUT2D eigenvalue weighted by molar-refractivity contribution is -0.984. The summed E-state index contributed by atoms with van der Waals surface area (Å²) in [5.74, 6) is 1.73. The number of nitrogens with zero attached hydrogens (tertiary/aromatic N) is 3. The van der Waals surface area contributed by atoms with Gasteiger partial charge in [0.05, 0.1) is 25.7 Å². The monoisotopic (exact) mass is 484 g/mol. The van der Waals surface area contributed by atoms with Gasteiger partial charge in [-0.2, -0.15) is 0 Å². The van der Waals surface area contributed by atoms with Crippen molar-refractivity contribution in [1.82, 2.24) is 9.97 Å². The van der Waals surface area contributed by atoms with Gasteiger partial charge in [0.15, 0.2) is 0 Å². The van der Waals surface area contributed by atoms with Crippen molar-refractivity contribution in [2.24, 2.45) is 11.8 Å². The van der Waals surface area contributed by atoms with E-state index < -0.39 is 6.10 Å². The van der Waals surface area contributed by atoms with Crippen LogP contribution in [0.4, 0.5) is 0 Å². The number of aliphatic hydroxyl groups is 1. The van der Waals surface area contributed by atoms with Crippen molar-refractivity contribution in [2.75, 3.05) is 20.2 Å². The van der Waals surface area contributed by atoms with Gasteiger partial charge >= 0.3 is 0 Å². The molecule has 1 aromatic carbocycles. The van der Waals surface area contributed by atoms with Crippen molar-refractivity contribution in [1.29, 1.82) is 0 Å². The van der Waals surface area contributed by atoms with Crippen LogP contribution in [0.15, 0.2) is 55.3 Å². The Bertz CT molecular complexity index is 1180. The van der Waals surface area contributed by atoms with Crippen LogP contribution in [0.25, 0.3) is 10.9 Å². The van der Waals surface area contributed by atoms with Crippen LogP contribution in [0.3, 0.4) is 0 Å². The standard InChI is InChI=1S/C26H28Cl2N3O2/c1-3-17-15-31(14-16-10-24(27)30-25(28)11-16)9-7-18(17)12-23(31)26(32)20-6-8-29-22-5-4-19(33-2)13-21(20)22/h3-6,8,10-11,13,17-18,23,26,32H,1,7,9,12,14-15H2,2H3/q+1. The van der Waals surface area contributed by atoms with Gasteiger partial charge in [-0.3, -0.25) is 4.98 Å². The van der Waals surface area contributed by atoms with Crippen LogP contribution in [-0.4, -0.2) is 45.8 Å². The molecule has 7 heteroatoms. The highest BCUT2D eigenvalue weighted by Crippen LogP contribution is 2.48. The quantitative estimate of drug-likeness (QED) is 0.281. The third kappa shape index (κ3) is 4.12. The molecule has 3 fully saturated rings. The van der Waals surface area contributed by atoms with Crippen LogP contribution in [0.2, 0.25) is 10.3 Å². The summed E-state index contributed by atoms with van der Waals surface area (Å²) in [5, 5.41) is 13.6. The van der Waals surface area contributed by atoms with Gasteiger partial charge in [0.1, 0.15) is 34.7 Å². The molecule has 0 aliphatic carbocycles. The predicted molar refractivity (Wildman–Crippen MR) is 131 cm³/mol. The summed E-state index contributed by atoms with van der Waals surface area (Å²) >= 11 is 12.4. The molecule has 33 heavy (non-hydrogen) atoms. The average Bonchev–Trinajstić information content (AvgIpc) is 2.82. The highest BCUT2D eigenvalue weighted by Gasteiger charge is 2.54. The number of pyridine rings is 2. The Labute approximate surface area is 204 Å². The molecule has 0 amide bonds. The van der Waals surface area contributed by atoms with Crippen LogP contribution in [0.5, 0.6) is 5.75 Å². The molecular weight excluding hydrogens is 457 g/mol. The van der Waals surface area contributed by atoms with Gasteiger partial charge in [-0.15, -0.1) is 6.58 Å². The Morgan fingerprint density at radius 2 is 2.03 bits per heavy atom. The summed E-state index contributed by atoms with van der Waals surface area (Å²) < 4.78 is 6.22. The third-order valence-electron chi connectivity index (χ3n) is 7.66. The topological polar surface area (TPSA) is 55.2 Å². The molecule has 2 aromatic heterocycles. The summed E-state index contributed by atoms with van der Waals surface area (Å²) in [4.78, 5) is 8.61. The number of methoxy groups -OCH3 is 1. The summed E-state index contributed by atoms with van der Waals surface area (Å²) in [6.45, 7) is 6.80. The fourth-order valence-electron chi connectivity index (χ4n) is 6.09. The number of aliphatic hydroxyl groups excluding tert-OH is 1. The predicted octanol–water partition coefficient (Wildman–Crippen LogP) is 5.59. The number of hydrogen-bond acceptors (Lipinski definition) is 4. The summed E-state index contributed by atoms with van der Waals surface area (Å²) in [6, 6.07) is 11.6. The molecule has 3 aliphatic heterocycles. The first-order valence-corrected chi connectivity index (χ1v) is 12.1. The van der Waals surface area contributed by atoms with E-state index in [1.807, 2.05) is 36.4 Å². The molecule has 5 nitrogen and oxygen atoms in total. The number of quaternary nitrogens is 1. The fraction of sp³-hybridized carbons (Fsp3) is 0.385. The van der Waals surface area contributed by atoms with E-state index in [9.17, 15) is 5.11 Å². The highest BCUT2D eigenvalue weighted by atomic mass is 35.5. The number of aromatic nitrogens is 2. The zero-order valence-corrected chi connectivity index (χ0v) is 20.1. The molecule has 5 unspecified atom stereocenters. The van der Waals surface area contributed by atoms with Crippen LogP contribution in [0.1, 0.15) is 30.1 Å². The van der Waals surface area contributed by atoms with Crippen LogP contribution >= 0.6 is 23.2 Å². The Morgan fingerprint density at radius 1 is 1.24 bits per heavy atom. The maximum Gasteiger partial charge on any atom is 0.131 e. The molecule has 172 valence electrons.